The van der Waals surface area contributed by atoms with Crippen LogP contribution in [0, 0.1) is 0 Å². The summed E-state index contributed by atoms with van der Waals surface area (Å²) >= 11 is 1.62. The van der Waals surface area contributed by atoms with Crippen LogP contribution in [0.1, 0.15) is 23.2 Å². The number of hydrogen-bond acceptors (Lipinski definition) is 4. The van der Waals surface area contributed by atoms with E-state index in [0.29, 0.717) is 12.5 Å². The number of imidazole rings is 1. The van der Waals surface area contributed by atoms with E-state index in [0.717, 1.165) is 41.1 Å². The van der Waals surface area contributed by atoms with Gasteiger partial charge in [0.25, 0.3) is 0 Å². The number of fused-ring (bicyclic) bond motifs is 2. The highest BCUT2D eigenvalue weighted by atomic mass is 127. The number of guanidine groups is 1. The molecule has 0 aliphatic carbocycles. The van der Waals surface area contributed by atoms with Crippen LogP contribution in [0.5, 0.6) is 0 Å². The number of nitrogens with one attached hydrogen (secondary N) is 3. The minimum atomic E-state index is -0.568. The van der Waals surface area contributed by atoms with Gasteiger partial charge in [0.2, 0.25) is 0 Å². The zero-order chi connectivity index (χ0) is 20.1. The van der Waals surface area contributed by atoms with E-state index in [2.05, 4.69) is 43.8 Å². The molecule has 30 heavy (non-hydrogen) atoms. The van der Waals surface area contributed by atoms with Gasteiger partial charge in [0.1, 0.15) is 11.9 Å². The minimum absolute atomic E-state index is 0. The Labute approximate surface area is 196 Å². The summed E-state index contributed by atoms with van der Waals surface area (Å²) in [5.41, 5.74) is 2.08. The summed E-state index contributed by atoms with van der Waals surface area (Å²) in [5, 5.41) is 18.2. The molecule has 4 rings (SSSR count). The zero-order valence-electron chi connectivity index (χ0n) is 16.8. The van der Waals surface area contributed by atoms with E-state index in [1.54, 1.807) is 18.4 Å². The lowest BCUT2D eigenvalue weighted by molar-refractivity contribution is 0.184. The lowest BCUT2D eigenvalue weighted by Crippen LogP contribution is -2.39. The number of nitrogens with zero attached hydrogens (tertiary/aromatic N) is 2. The van der Waals surface area contributed by atoms with Crippen LogP contribution in [0.4, 0.5) is 0 Å². The summed E-state index contributed by atoms with van der Waals surface area (Å²) in [6, 6.07) is 18.3. The molecule has 0 aliphatic rings. The summed E-state index contributed by atoms with van der Waals surface area (Å²) in [6.45, 7) is 1.19. The quantitative estimate of drug-likeness (QED) is 0.124. The third kappa shape index (κ3) is 5.50. The smallest absolute Gasteiger partial charge is 0.191 e. The molecule has 6 nitrogen and oxygen atoms in total. The van der Waals surface area contributed by atoms with Crippen LogP contribution in [0.3, 0.4) is 0 Å². The molecule has 2 aromatic carbocycles. The maximum Gasteiger partial charge on any atom is 0.191 e. The van der Waals surface area contributed by atoms with Crippen molar-refractivity contribution < 1.29 is 5.11 Å². The van der Waals surface area contributed by atoms with Crippen molar-refractivity contribution in [1.82, 2.24) is 20.6 Å². The number of aromatic amines is 1. The first-order chi connectivity index (χ1) is 14.2. The highest BCUT2D eigenvalue weighted by molar-refractivity contribution is 14.0. The molecule has 4 N–H and O–H groups in total. The van der Waals surface area contributed by atoms with Crippen molar-refractivity contribution in [2.75, 3.05) is 20.1 Å². The molecule has 4 aromatic rings. The number of thiophene rings is 1. The van der Waals surface area contributed by atoms with Crippen molar-refractivity contribution in [1.29, 1.82) is 0 Å². The van der Waals surface area contributed by atoms with Crippen LogP contribution in [-0.4, -0.2) is 41.2 Å². The molecule has 0 spiro atoms. The lowest BCUT2D eigenvalue weighted by atomic mass is 10.2. The van der Waals surface area contributed by atoms with E-state index in [-0.39, 0.29) is 24.0 Å². The van der Waals surface area contributed by atoms with Crippen molar-refractivity contribution in [2.45, 2.75) is 18.9 Å². The Hall–Kier alpha value is -2.17. The Morgan fingerprint density at radius 2 is 1.97 bits per heavy atom. The summed E-state index contributed by atoms with van der Waals surface area (Å²) < 4.78 is 1.19. The van der Waals surface area contributed by atoms with E-state index in [1.165, 1.54) is 10.1 Å². The maximum absolute atomic E-state index is 10.5. The SMILES string of the molecule is CN=C(NCCCc1nc2ccccc2[nH]1)NCC(O)c1cc2ccccc2s1.I. The van der Waals surface area contributed by atoms with Crippen molar-refractivity contribution in [3.63, 3.8) is 0 Å². The number of aryl methyl sites for hydroxylation is 1. The lowest BCUT2D eigenvalue weighted by Gasteiger charge is -2.14. The second kappa shape index (κ2) is 10.7. The van der Waals surface area contributed by atoms with E-state index in [9.17, 15) is 5.11 Å². The predicted molar refractivity (Wildman–Crippen MR) is 136 cm³/mol. The molecule has 2 aromatic heterocycles. The molecule has 0 saturated heterocycles. The molecule has 0 radical (unpaired) electrons. The van der Waals surface area contributed by atoms with Crippen LogP contribution < -0.4 is 10.6 Å². The monoisotopic (exact) mass is 535 g/mol. The van der Waals surface area contributed by atoms with Gasteiger partial charge in [-0.1, -0.05) is 30.3 Å². The highest BCUT2D eigenvalue weighted by Gasteiger charge is 2.12. The molecule has 1 unspecified atom stereocenters. The Morgan fingerprint density at radius 1 is 1.17 bits per heavy atom. The van der Waals surface area contributed by atoms with Crippen LogP contribution in [-0.2, 0) is 6.42 Å². The van der Waals surface area contributed by atoms with Crippen LogP contribution in [0.15, 0.2) is 59.6 Å². The van der Waals surface area contributed by atoms with E-state index >= 15 is 0 Å². The largest absolute Gasteiger partial charge is 0.386 e. The molecule has 158 valence electrons. The molecule has 0 aliphatic heterocycles. The van der Waals surface area contributed by atoms with Gasteiger partial charge in [-0.3, -0.25) is 4.99 Å². The molecular weight excluding hydrogens is 509 g/mol. The number of aliphatic hydroxyl groups excluding tert-OH is 1. The van der Waals surface area contributed by atoms with Crippen molar-refractivity contribution in [3.8, 4) is 0 Å². The fourth-order valence-corrected chi connectivity index (χ4v) is 4.32. The van der Waals surface area contributed by atoms with E-state index in [4.69, 9.17) is 0 Å². The minimum Gasteiger partial charge on any atom is -0.386 e. The fraction of sp³-hybridized carbons (Fsp3) is 0.273. The number of aromatic nitrogens is 2. The third-order valence-electron chi connectivity index (χ3n) is 4.78. The Bertz CT molecular complexity index is 1060. The number of rotatable bonds is 7. The molecule has 0 amide bonds. The number of aliphatic imine (C=N–C) groups is 1. The van der Waals surface area contributed by atoms with Crippen LogP contribution in [0.25, 0.3) is 21.1 Å². The normalized spacial score (nSPS) is 12.7. The third-order valence-corrected chi connectivity index (χ3v) is 6.00. The molecule has 0 saturated carbocycles. The van der Waals surface area contributed by atoms with Gasteiger partial charge >= 0.3 is 0 Å². The molecule has 8 heteroatoms. The summed E-state index contributed by atoms with van der Waals surface area (Å²) in [4.78, 5) is 13.1. The number of aliphatic hydroxyl groups is 1. The zero-order valence-corrected chi connectivity index (χ0v) is 19.9. The average Bonchev–Trinajstić information content (AvgIpc) is 3.36. The van der Waals surface area contributed by atoms with Gasteiger partial charge in [0.15, 0.2) is 5.96 Å². The molecule has 2 heterocycles. The maximum atomic E-state index is 10.5. The number of benzene rings is 2. The first kappa shape index (κ1) is 22.5. The number of hydrogen-bond donors (Lipinski definition) is 4. The topological polar surface area (TPSA) is 85.3 Å². The standard InChI is InChI=1S/C22H25N5OS.HI/c1-23-22(24-12-6-11-21-26-16-8-3-4-9-17(16)27-21)25-14-18(28)20-13-15-7-2-5-10-19(15)29-20;/h2-5,7-10,13,18,28H,6,11-12,14H2,1H3,(H,26,27)(H2,23,24,25);1H. The second-order valence-electron chi connectivity index (χ2n) is 6.89. The van der Waals surface area contributed by atoms with E-state index in [1.807, 2.05) is 36.4 Å². The first-order valence-electron chi connectivity index (χ1n) is 9.77. The number of halogens is 1. The van der Waals surface area contributed by atoms with E-state index < -0.39 is 6.10 Å². The molecule has 0 bridgehead atoms. The van der Waals surface area contributed by atoms with Crippen LogP contribution >= 0.6 is 35.3 Å². The fourth-order valence-electron chi connectivity index (χ4n) is 3.27. The number of H-pyrrole nitrogens is 1. The van der Waals surface area contributed by atoms with Crippen molar-refractivity contribution in [3.05, 3.63) is 65.3 Å². The van der Waals surface area contributed by atoms with Gasteiger partial charge < -0.3 is 20.7 Å². The van der Waals surface area contributed by atoms with Gasteiger partial charge in [0, 0.05) is 36.1 Å². The average molecular weight is 535 g/mol. The predicted octanol–water partition coefficient (Wildman–Crippen LogP) is 4.23. The first-order valence-corrected chi connectivity index (χ1v) is 10.6. The summed E-state index contributed by atoms with van der Waals surface area (Å²) in [7, 11) is 1.74. The van der Waals surface area contributed by atoms with Gasteiger partial charge in [-0.25, -0.2) is 4.98 Å². The molecular formula is C22H26IN5OS. The van der Waals surface area contributed by atoms with Gasteiger partial charge in [0.05, 0.1) is 11.0 Å². The Kier molecular flexibility index (Phi) is 8.06. The number of para-hydroxylation sites is 2. The van der Waals surface area contributed by atoms with Gasteiger partial charge in [-0.15, -0.1) is 35.3 Å². The Morgan fingerprint density at radius 3 is 2.77 bits per heavy atom. The molecule has 1 atom stereocenters. The highest BCUT2D eigenvalue weighted by Crippen LogP contribution is 2.29. The summed E-state index contributed by atoms with van der Waals surface area (Å²) in [6.07, 6.45) is 1.23. The van der Waals surface area contributed by atoms with Crippen LogP contribution in [0.2, 0.25) is 0 Å². The summed E-state index contributed by atoms with van der Waals surface area (Å²) in [5.74, 6) is 1.69. The van der Waals surface area contributed by atoms with Crippen molar-refractivity contribution in [2.24, 2.45) is 4.99 Å². The van der Waals surface area contributed by atoms with Gasteiger partial charge in [-0.05, 0) is 36.1 Å². The second-order valence-corrected chi connectivity index (χ2v) is 8.00. The molecule has 0 fully saturated rings. The van der Waals surface area contributed by atoms with Gasteiger partial charge in [-0.2, -0.15) is 0 Å². The Balaban J connectivity index is 0.00000256. The van der Waals surface area contributed by atoms with Crippen molar-refractivity contribution >= 4 is 62.4 Å².